The lowest BCUT2D eigenvalue weighted by atomic mass is 9.98. The monoisotopic (exact) mass is 260 g/mol. The lowest BCUT2D eigenvalue weighted by Gasteiger charge is -2.12. The maximum atomic E-state index is 11.1. The molecule has 0 aliphatic carbocycles. The van der Waals surface area contributed by atoms with E-state index in [0.717, 1.165) is 49.9 Å². The molecule has 19 heavy (non-hydrogen) atoms. The fourth-order valence-corrected chi connectivity index (χ4v) is 2.53. The molecule has 4 heteroatoms. The highest BCUT2D eigenvalue weighted by Gasteiger charge is 2.14. The average molecular weight is 260 g/mol. The van der Waals surface area contributed by atoms with Gasteiger partial charge in [0.15, 0.2) is 0 Å². The van der Waals surface area contributed by atoms with Crippen LogP contribution in [0.5, 0.6) is 0 Å². The summed E-state index contributed by atoms with van der Waals surface area (Å²) in [6, 6.07) is 7.42. The summed E-state index contributed by atoms with van der Waals surface area (Å²) >= 11 is 0. The first-order chi connectivity index (χ1) is 9.16. The number of carbonyl (C=O) groups is 1. The van der Waals surface area contributed by atoms with Crippen molar-refractivity contribution in [1.82, 2.24) is 0 Å². The van der Waals surface area contributed by atoms with Crippen LogP contribution in [-0.2, 0) is 6.42 Å². The van der Waals surface area contributed by atoms with Crippen molar-refractivity contribution >= 4 is 11.8 Å². The fourth-order valence-electron chi connectivity index (χ4n) is 2.53. The first-order valence-electron chi connectivity index (χ1n) is 6.80. The van der Waals surface area contributed by atoms with E-state index < -0.39 is 5.97 Å². The maximum absolute atomic E-state index is 11.1. The molecule has 0 amide bonds. The van der Waals surface area contributed by atoms with Crippen LogP contribution in [0.3, 0.4) is 0 Å². The number of amidine groups is 1. The van der Waals surface area contributed by atoms with Crippen LogP contribution < -0.4 is 5.73 Å². The Morgan fingerprint density at radius 3 is 2.95 bits per heavy atom. The number of carboxylic acid groups (broad SMARTS) is 1. The maximum Gasteiger partial charge on any atom is 0.335 e. The predicted molar refractivity (Wildman–Crippen MR) is 75.6 cm³/mol. The molecule has 1 atom stereocenters. The van der Waals surface area contributed by atoms with Gasteiger partial charge >= 0.3 is 5.97 Å². The van der Waals surface area contributed by atoms with Crippen molar-refractivity contribution in [2.45, 2.75) is 44.6 Å². The predicted octanol–water partition coefficient (Wildman–Crippen LogP) is 2.62. The molecule has 1 aliphatic heterocycles. The number of aliphatic imine (C=N–C) groups is 1. The van der Waals surface area contributed by atoms with Crippen molar-refractivity contribution in [3.63, 3.8) is 0 Å². The van der Waals surface area contributed by atoms with Crippen molar-refractivity contribution in [3.8, 4) is 0 Å². The normalized spacial score (nSPS) is 19.6. The molecule has 1 aromatic rings. The third kappa shape index (κ3) is 3.81. The second kappa shape index (κ2) is 6.36. The lowest BCUT2D eigenvalue weighted by Crippen LogP contribution is -2.15. The molecule has 0 saturated carbocycles. The fraction of sp³-hybridized carbons (Fsp3) is 0.467. The molecule has 102 valence electrons. The van der Waals surface area contributed by atoms with Crippen LogP contribution in [-0.4, -0.2) is 23.0 Å². The van der Waals surface area contributed by atoms with E-state index in [-0.39, 0.29) is 6.04 Å². The Morgan fingerprint density at radius 2 is 2.16 bits per heavy atom. The van der Waals surface area contributed by atoms with Crippen molar-refractivity contribution in [3.05, 3.63) is 35.4 Å². The minimum absolute atomic E-state index is 0.240. The molecule has 0 saturated heterocycles. The molecular weight excluding hydrogens is 240 g/mol. The Kier molecular flexibility index (Phi) is 4.55. The van der Waals surface area contributed by atoms with Crippen molar-refractivity contribution < 1.29 is 9.90 Å². The van der Waals surface area contributed by atoms with Crippen LogP contribution in [0.25, 0.3) is 0 Å². The number of benzene rings is 1. The third-order valence-corrected chi connectivity index (χ3v) is 3.56. The van der Waals surface area contributed by atoms with Crippen LogP contribution in [0, 0.1) is 0 Å². The van der Waals surface area contributed by atoms with E-state index in [2.05, 4.69) is 4.99 Å². The summed E-state index contributed by atoms with van der Waals surface area (Å²) in [4.78, 5) is 15.6. The van der Waals surface area contributed by atoms with Crippen molar-refractivity contribution in [2.75, 3.05) is 0 Å². The largest absolute Gasteiger partial charge is 0.478 e. The van der Waals surface area contributed by atoms with Gasteiger partial charge in [-0.1, -0.05) is 24.6 Å². The molecule has 4 nitrogen and oxygen atoms in total. The zero-order chi connectivity index (χ0) is 13.7. The number of aryl methyl sites for hydroxylation is 1. The van der Waals surface area contributed by atoms with Gasteiger partial charge in [-0.2, -0.15) is 0 Å². The summed E-state index contributed by atoms with van der Waals surface area (Å²) < 4.78 is 0. The number of nitrogens with two attached hydrogens (primary N) is 1. The van der Waals surface area contributed by atoms with Gasteiger partial charge in [-0.15, -0.1) is 0 Å². The molecule has 0 spiro atoms. The third-order valence-electron chi connectivity index (χ3n) is 3.56. The Morgan fingerprint density at radius 1 is 1.37 bits per heavy atom. The van der Waals surface area contributed by atoms with E-state index in [9.17, 15) is 4.79 Å². The molecule has 0 fully saturated rings. The number of hydrogen-bond acceptors (Lipinski definition) is 3. The molecule has 1 aliphatic rings. The Labute approximate surface area is 113 Å². The summed E-state index contributed by atoms with van der Waals surface area (Å²) in [5.74, 6) is -0.117. The van der Waals surface area contributed by atoms with Gasteiger partial charge < -0.3 is 10.8 Å². The van der Waals surface area contributed by atoms with Gasteiger partial charge in [0, 0.05) is 6.42 Å². The van der Waals surface area contributed by atoms with Crippen LogP contribution in [0.2, 0.25) is 0 Å². The van der Waals surface area contributed by atoms with Gasteiger partial charge in [0.2, 0.25) is 0 Å². The number of carboxylic acids is 1. The van der Waals surface area contributed by atoms with Crippen LogP contribution in [0.4, 0.5) is 0 Å². The second-order valence-electron chi connectivity index (χ2n) is 5.02. The molecule has 3 N–H and O–H groups in total. The summed E-state index contributed by atoms with van der Waals surface area (Å²) in [7, 11) is 0. The summed E-state index contributed by atoms with van der Waals surface area (Å²) in [5, 5.41) is 9.14. The molecule has 1 unspecified atom stereocenters. The molecule has 0 bridgehead atoms. The average Bonchev–Trinajstić information content (AvgIpc) is 2.61. The Bertz CT molecular complexity index is 483. The van der Waals surface area contributed by atoms with E-state index in [1.807, 2.05) is 12.1 Å². The van der Waals surface area contributed by atoms with E-state index in [4.69, 9.17) is 10.8 Å². The van der Waals surface area contributed by atoms with Gasteiger partial charge in [-0.25, -0.2) is 4.79 Å². The van der Waals surface area contributed by atoms with Gasteiger partial charge in [-0.05, 0) is 37.3 Å². The van der Waals surface area contributed by atoms with Crippen LogP contribution >= 0.6 is 0 Å². The second-order valence-corrected chi connectivity index (χ2v) is 5.02. The standard InChI is InChI=1S/C15H20N2O2/c16-14-8-4-2-6-12(17-14)10-9-11-5-1-3-7-13(11)15(18)19/h1,3,5,7,12H,2,4,6,8-10H2,(H2,16,17)(H,18,19). The number of aromatic carboxylic acids is 1. The van der Waals surface area contributed by atoms with Gasteiger partial charge in [0.1, 0.15) is 0 Å². The first-order valence-corrected chi connectivity index (χ1v) is 6.80. The molecule has 2 rings (SSSR count). The van der Waals surface area contributed by atoms with Crippen molar-refractivity contribution in [2.24, 2.45) is 10.7 Å². The first kappa shape index (κ1) is 13.6. The molecule has 0 aromatic heterocycles. The smallest absolute Gasteiger partial charge is 0.335 e. The Balaban J connectivity index is 2.02. The zero-order valence-electron chi connectivity index (χ0n) is 11.0. The summed E-state index contributed by atoms with van der Waals surface area (Å²) in [5.41, 5.74) is 7.11. The molecule has 0 radical (unpaired) electrons. The molecule has 1 heterocycles. The number of rotatable bonds is 4. The molecular formula is C15H20N2O2. The van der Waals surface area contributed by atoms with Crippen molar-refractivity contribution in [1.29, 1.82) is 0 Å². The van der Waals surface area contributed by atoms with Gasteiger partial charge in [0.05, 0.1) is 17.4 Å². The number of nitrogens with zero attached hydrogens (tertiary/aromatic N) is 1. The summed E-state index contributed by atoms with van der Waals surface area (Å²) in [6.45, 7) is 0. The summed E-state index contributed by atoms with van der Waals surface area (Å²) in [6.07, 6.45) is 5.81. The van der Waals surface area contributed by atoms with E-state index in [0.29, 0.717) is 5.56 Å². The van der Waals surface area contributed by atoms with E-state index in [1.165, 1.54) is 0 Å². The number of hydrogen-bond donors (Lipinski definition) is 2. The highest BCUT2D eigenvalue weighted by molar-refractivity contribution is 5.89. The lowest BCUT2D eigenvalue weighted by molar-refractivity contribution is 0.0695. The van der Waals surface area contributed by atoms with Gasteiger partial charge in [0.25, 0.3) is 0 Å². The zero-order valence-corrected chi connectivity index (χ0v) is 11.0. The van der Waals surface area contributed by atoms with Crippen LogP contribution in [0.15, 0.2) is 29.3 Å². The van der Waals surface area contributed by atoms with E-state index in [1.54, 1.807) is 12.1 Å². The van der Waals surface area contributed by atoms with E-state index >= 15 is 0 Å². The minimum atomic E-state index is -0.862. The Hall–Kier alpha value is -1.84. The SMILES string of the molecule is NC1=NC(CCc2ccccc2C(=O)O)CCCC1. The molecule has 1 aromatic carbocycles. The minimum Gasteiger partial charge on any atom is -0.478 e. The highest BCUT2D eigenvalue weighted by Crippen LogP contribution is 2.19. The van der Waals surface area contributed by atoms with Crippen LogP contribution in [0.1, 0.15) is 48.0 Å². The topological polar surface area (TPSA) is 75.7 Å². The quantitative estimate of drug-likeness (QED) is 0.873. The van der Waals surface area contributed by atoms with Gasteiger partial charge in [-0.3, -0.25) is 4.99 Å². The highest BCUT2D eigenvalue weighted by atomic mass is 16.4.